The third-order valence-corrected chi connectivity index (χ3v) is 12.5. The molecule has 3 aliphatic heterocycles. The lowest BCUT2D eigenvalue weighted by Crippen LogP contribution is -2.64. The first kappa shape index (κ1) is 46.9. The standard InChI is InChI=1S/C45H71NO11/c1-11-33-21-27(4)20-28(5)22-38(53-9)41-39(54-10)24-31(8)45(52,57-41)42(49)43(50)46-19-13-12-14-34(46)44(51)56-40(29(6)15-17-35(33)47)30(7)23-32-16-18-36(48)37(25-32)55-26(2)3/h15,17,21,23,26,28-29,31-34,36-41,48,52H,11-14,16,18-20,22,24-25H2,1-10H3. The number of ether oxygens (including phenoxy) is 5. The normalized spacial score (nSPS) is 38.6. The molecule has 0 aromatic rings. The molecule has 1 saturated carbocycles. The van der Waals surface area contributed by atoms with Crippen molar-refractivity contribution in [2.24, 2.45) is 29.6 Å². The second-order valence-corrected chi connectivity index (χ2v) is 17.6. The van der Waals surface area contributed by atoms with Gasteiger partial charge >= 0.3 is 5.97 Å². The van der Waals surface area contributed by atoms with Crippen molar-refractivity contribution in [1.29, 1.82) is 0 Å². The monoisotopic (exact) mass is 802 g/mol. The lowest BCUT2D eigenvalue weighted by atomic mass is 9.82. The van der Waals surface area contributed by atoms with Gasteiger partial charge < -0.3 is 38.8 Å². The highest BCUT2D eigenvalue weighted by Crippen LogP contribution is 2.39. The van der Waals surface area contributed by atoms with Crippen LogP contribution in [0.15, 0.2) is 35.5 Å². The maximum Gasteiger partial charge on any atom is 0.329 e. The van der Waals surface area contributed by atoms with Crippen LogP contribution in [0.3, 0.4) is 0 Å². The quantitative estimate of drug-likeness (QED) is 0.175. The first-order valence-electron chi connectivity index (χ1n) is 21.4. The van der Waals surface area contributed by atoms with E-state index in [9.17, 15) is 29.4 Å². The average Bonchev–Trinajstić information content (AvgIpc) is 3.17. The van der Waals surface area contributed by atoms with E-state index in [4.69, 9.17) is 23.7 Å². The average molecular weight is 802 g/mol. The first-order valence-corrected chi connectivity index (χ1v) is 21.4. The number of Topliss-reactive ketones (excluding diaryl/α,β-unsaturated/α-hetero) is 1. The number of fused-ring (bicyclic) bond motifs is 3. The van der Waals surface area contributed by atoms with Crippen LogP contribution in [0, 0.1) is 29.6 Å². The minimum absolute atomic E-state index is 0.0428. The molecule has 12 heteroatoms. The van der Waals surface area contributed by atoms with Gasteiger partial charge in [-0.25, -0.2) is 4.79 Å². The van der Waals surface area contributed by atoms with Gasteiger partial charge in [0.25, 0.3) is 11.7 Å². The van der Waals surface area contributed by atoms with E-state index in [0.717, 1.165) is 17.6 Å². The Morgan fingerprint density at radius 1 is 1.00 bits per heavy atom. The molecule has 4 rings (SSSR count). The van der Waals surface area contributed by atoms with Crippen LogP contribution in [0.1, 0.15) is 120 Å². The molecule has 2 N–H and O–H groups in total. The van der Waals surface area contributed by atoms with Gasteiger partial charge in [0, 0.05) is 38.5 Å². The van der Waals surface area contributed by atoms with Crippen LogP contribution in [0.25, 0.3) is 0 Å². The molecule has 13 unspecified atom stereocenters. The minimum atomic E-state index is -2.47. The number of cyclic esters (lactones) is 1. The van der Waals surface area contributed by atoms with Crippen molar-refractivity contribution < 1.29 is 53.1 Å². The van der Waals surface area contributed by atoms with Gasteiger partial charge in [-0.15, -0.1) is 0 Å². The van der Waals surface area contributed by atoms with E-state index >= 15 is 0 Å². The number of aliphatic hydroxyl groups is 2. The van der Waals surface area contributed by atoms with Crippen LogP contribution >= 0.6 is 0 Å². The third-order valence-electron chi connectivity index (χ3n) is 12.5. The summed E-state index contributed by atoms with van der Waals surface area (Å²) in [7, 11) is 3.09. The fraction of sp³-hybridized carbons (Fsp3) is 0.778. The molecule has 13 atom stereocenters. The summed E-state index contributed by atoms with van der Waals surface area (Å²) in [5, 5.41) is 22.7. The molecule has 3 heterocycles. The van der Waals surface area contributed by atoms with Gasteiger partial charge in [-0.1, -0.05) is 51.5 Å². The Balaban J connectivity index is 1.76. The molecule has 1 amide bonds. The van der Waals surface area contributed by atoms with E-state index in [2.05, 4.69) is 13.0 Å². The highest BCUT2D eigenvalue weighted by Gasteiger charge is 2.56. The van der Waals surface area contributed by atoms with Crippen LogP contribution in [0.2, 0.25) is 0 Å². The molecule has 12 nitrogen and oxygen atoms in total. The molecule has 2 saturated heterocycles. The van der Waals surface area contributed by atoms with E-state index in [0.29, 0.717) is 44.9 Å². The van der Waals surface area contributed by atoms with Gasteiger partial charge in [-0.3, -0.25) is 14.4 Å². The summed E-state index contributed by atoms with van der Waals surface area (Å²) in [6, 6.07) is -1.07. The highest BCUT2D eigenvalue weighted by molar-refractivity contribution is 6.39. The highest BCUT2D eigenvalue weighted by atomic mass is 16.7. The van der Waals surface area contributed by atoms with Crippen LogP contribution in [-0.2, 0) is 42.9 Å². The van der Waals surface area contributed by atoms with E-state index in [1.807, 2.05) is 47.6 Å². The minimum Gasteiger partial charge on any atom is -0.456 e. The van der Waals surface area contributed by atoms with E-state index in [1.54, 1.807) is 33.3 Å². The lowest BCUT2D eigenvalue weighted by Gasteiger charge is -2.47. The number of nitrogens with zero attached hydrogens (tertiary/aromatic N) is 1. The number of hydrogen-bond donors (Lipinski definition) is 2. The first-order chi connectivity index (χ1) is 26.9. The molecule has 3 fully saturated rings. The Bertz CT molecular complexity index is 1490. The number of carbonyl (C=O) groups excluding carboxylic acids is 4. The number of esters is 1. The molecule has 2 bridgehead atoms. The van der Waals surface area contributed by atoms with Crippen LogP contribution in [0.4, 0.5) is 0 Å². The second kappa shape index (κ2) is 21.0. The van der Waals surface area contributed by atoms with Crippen molar-refractivity contribution in [2.45, 2.75) is 174 Å². The number of methoxy groups -OCH3 is 2. The zero-order chi connectivity index (χ0) is 42.2. The summed E-state index contributed by atoms with van der Waals surface area (Å²) >= 11 is 0. The molecule has 4 aliphatic rings. The van der Waals surface area contributed by atoms with E-state index in [-0.39, 0.29) is 55.1 Å². The third kappa shape index (κ3) is 11.7. The smallest absolute Gasteiger partial charge is 0.329 e. The molecule has 0 aromatic carbocycles. The van der Waals surface area contributed by atoms with Gasteiger partial charge in [0.05, 0.1) is 30.5 Å². The molecule has 57 heavy (non-hydrogen) atoms. The molecule has 0 radical (unpaired) electrons. The number of carbonyl (C=O) groups is 4. The predicted octanol–water partition coefficient (Wildman–Crippen LogP) is 6.06. The van der Waals surface area contributed by atoms with Crippen LogP contribution in [0.5, 0.6) is 0 Å². The molecule has 1 aliphatic carbocycles. The van der Waals surface area contributed by atoms with Crippen molar-refractivity contribution in [2.75, 3.05) is 20.8 Å². The van der Waals surface area contributed by atoms with Crippen molar-refractivity contribution in [1.82, 2.24) is 4.90 Å². The van der Waals surface area contributed by atoms with Gasteiger partial charge in [-0.2, -0.15) is 0 Å². The van der Waals surface area contributed by atoms with E-state index in [1.165, 1.54) is 4.90 Å². The van der Waals surface area contributed by atoms with Gasteiger partial charge in [0.1, 0.15) is 18.2 Å². The zero-order valence-electron chi connectivity index (χ0n) is 36.1. The van der Waals surface area contributed by atoms with Crippen molar-refractivity contribution in [3.8, 4) is 0 Å². The Hall–Kier alpha value is -2.74. The summed E-state index contributed by atoms with van der Waals surface area (Å²) in [4.78, 5) is 57.7. The van der Waals surface area contributed by atoms with Crippen molar-refractivity contribution in [3.63, 3.8) is 0 Å². The fourth-order valence-corrected chi connectivity index (χ4v) is 9.32. The number of aliphatic hydroxyl groups excluding tert-OH is 1. The summed E-state index contributed by atoms with van der Waals surface area (Å²) in [6.45, 7) is 15.5. The molecule has 322 valence electrons. The number of rotatable bonds is 7. The Morgan fingerprint density at radius 3 is 2.33 bits per heavy atom. The number of piperidine rings is 1. The lowest BCUT2D eigenvalue weighted by molar-refractivity contribution is -0.302. The largest absolute Gasteiger partial charge is 0.456 e. The molecule has 0 aromatic heterocycles. The van der Waals surface area contributed by atoms with Crippen molar-refractivity contribution >= 4 is 23.4 Å². The Labute approximate surface area is 340 Å². The maximum absolute atomic E-state index is 14.3. The number of amides is 1. The molecular formula is C45H71NO11. The van der Waals surface area contributed by atoms with Crippen LogP contribution < -0.4 is 0 Å². The Kier molecular flexibility index (Phi) is 17.3. The maximum atomic E-state index is 14.3. The molecule has 0 spiro atoms. The molecular weight excluding hydrogens is 730 g/mol. The predicted molar refractivity (Wildman–Crippen MR) is 216 cm³/mol. The number of allylic oxidation sites excluding steroid dienone is 4. The fourth-order valence-electron chi connectivity index (χ4n) is 9.32. The van der Waals surface area contributed by atoms with Crippen LogP contribution in [-0.4, -0.2) is 114 Å². The second-order valence-electron chi connectivity index (χ2n) is 17.6. The topological polar surface area (TPSA) is 158 Å². The Morgan fingerprint density at radius 2 is 1.68 bits per heavy atom. The van der Waals surface area contributed by atoms with Crippen molar-refractivity contribution in [3.05, 3.63) is 35.5 Å². The SMILES string of the molecule is CCC1C=C(C)CC(C)CC(OC)C2OC(O)(C(=O)C(=O)N3CCCCC3C(=O)OC(C(C)=CC3CCC(O)C(OC(C)C)C3)C(C)C=CC1=O)C(C)CC2OC. The van der Waals surface area contributed by atoms with Gasteiger partial charge in [0.2, 0.25) is 5.79 Å². The number of hydrogen-bond acceptors (Lipinski definition) is 11. The van der Waals surface area contributed by atoms with E-state index < -0.39 is 71.8 Å². The summed E-state index contributed by atoms with van der Waals surface area (Å²) < 4.78 is 30.4. The summed E-state index contributed by atoms with van der Waals surface area (Å²) in [5.41, 5.74) is 1.82. The zero-order valence-corrected chi connectivity index (χ0v) is 36.1. The number of ketones is 2. The summed E-state index contributed by atoms with van der Waals surface area (Å²) in [5.74, 6) is -6.76. The van der Waals surface area contributed by atoms with Gasteiger partial charge in [0.15, 0.2) is 5.78 Å². The summed E-state index contributed by atoms with van der Waals surface area (Å²) in [6.07, 6.45) is 9.21. The van der Waals surface area contributed by atoms with Gasteiger partial charge in [-0.05, 0) is 115 Å².